The maximum absolute atomic E-state index is 12.7. The molecule has 2 heterocycles. The number of fused-ring (bicyclic) bond motifs is 1. The number of hydrogen-bond acceptors (Lipinski definition) is 7. The minimum atomic E-state index is -0.525. The smallest absolute Gasteiger partial charge is 0.336 e. The van der Waals surface area contributed by atoms with Crippen LogP contribution in [-0.4, -0.2) is 23.7 Å². The Labute approximate surface area is 158 Å². The van der Waals surface area contributed by atoms with Crippen molar-refractivity contribution in [2.75, 3.05) is 14.2 Å². The third-order valence-electron chi connectivity index (χ3n) is 4.47. The van der Waals surface area contributed by atoms with Crippen LogP contribution in [0, 0.1) is 17.0 Å². The Morgan fingerprint density at radius 2 is 1.82 bits per heavy atom. The van der Waals surface area contributed by atoms with Crippen molar-refractivity contribution >= 4 is 16.7 Å². The molecule has 0 bridgehead atoms. The summed E-state index contributed by atoms with van der Waals surface area (Å²) in [7, 11) is 2.84. The summed E-state index contributed by atoms with van der Waals surface area (Å²) in [4.78, 5) is 35.1. The highest BCUT2D eigenvalue weighted by Crippen LogP contribution is 2.34. The fourth-order valence-corrected chi connectivity index (χ4v) is 3.09. The normalized spacial score (nSPS) is 10.8. The molecule has 0 radical (unpaired) electrons. The van der Waals surface area contributed by atoms with Crippen LogP contribution in [0.3, 0.4) is 0 Å². The largest absolute Gasteiger partial charge is 0.493 e. The van der Waals surface area contributed by atoms with Gasteiger partial charge < -0.3 is 18.5 Å². The van der Waals surface area contributed by atoms with E-state index < -0.39 is 10.5 Å². The molecular formula is C19H18N2O7. The molecule has 0 aliphatic carbocycles. The van der Waals surface area contributed by atoms with Gasteiger partial charge in [-0.05, 0) is 31.0 Å². The van der Waals surface area contributed by atoms with E-state index in [4.69, 9.17) is 13.9 Å². The van der Waals surface area contributed by atoms with Crippen molar-refractivity contribution in [3.05, 3.63) is 72.5 Å². The molecule has 0 spiro atoms. The van der Waals surface area contributed by atoms with Crippen molar-refractivity contribution in [1.82, 2.24) is 4.57 Å². The van der Waals surface area contributed by atoms with E-state index in [2.05, 4.69) is 0 Å². The molecule has 9 nitrogen and oxygen atoms in total. The van der Waals surface area contributed by atoms with Gasteiger partial charge in [-0.15, -0.1) is 0 Å². The molecule has 0 atom stereocenters. The predicted molar refractivity (Wildman–Crippen MR) is 101 cm³/mol. The van der Waals surface area contributed by atoms with Gasteiger partial charge in [-0.25, -0.2) is 4.79 Å². The first-order chi connectivity index (χ1) is 13.3. The Kier molecular flexibility index (Phi) is 5.16. The minimum absolute atomic E-state index is 0.117. The Hall–Kier alpha value is -3.62. The Bertz CT molecular complexity index is 1180. The Balaban J connectivity index is 2.00. The molecule has 0 unspecified atom stereocenters. The zero-order chi connectivity index (χ0) is 20.4. The number of hydrogen-bond donors (Lipinski definition) is 0. The van der Waals surface area contributed by atoms with Crippen LogP contribution in [0.2, 0.25) is 0 Å². The van der Waals surface area contributed by atoms with Gasteiger partial charge in [0.25, 0.3) is 11.2 Å². The fourth-order valence-electron chi connectivity index (χ4n) is 3.09. The SMILES string of the molecule is COc1cc(CCn2ccc3oc(=O)cc(C)c3c2=O)c([N+](=O)[O-])cc1OC. The summed E-state index contributed by atoms with van der Waals surface area (Å²) in [5.74, 6) is 0.623. The van der Waals surface area contributed by atoms with Gasteiger partial charge >= 0.3 is 5.63 Å². The van der Waals surface area contributed by atoms with E-state index in [0.717, 1.165) is 0 Å². The van der Waals surface area contributed by atoms with Crippen LogP contribution < -0.4 is 20.7 Å². The molecule has 9 heteroatoms. The maximum atomic E-state index is 12.7. The first-order valence-corrected chi connectivity index (χ1v) is 8.39. The average Bonchev–Trinajstić information content (AvgIpc) is 2.66. The molecule has 0 saturated heterocycles. The van der Waals surface area contributed by atoms with Gasteiger partial charge in [0.2, 0.25) is 0 Å². The maximum Gasteiger partial charge on any atom is 0.336 e. The molecule has 28 heavy (non-hydrogen) atoms. The molecular weight excluding hydrogens is 368 g/mol. The third-order valence-corrected chi connectivity index (χ3v) is 4.47. The summed E-state index contributed by atoms with van der Waals surface area (Å²) in [6.45, 7) is 1.85. The number of pyridine rings is 1. The molecule has 0 aliphatic heterocycles. The summed E-state index contributed by atoms with van der Waals surface area (Å²) in [6.07, 6.45) is 1.72. The van der Waals surface area contributed by atoms with Crippen molar-refractivity contribution in [2.24, 2.45) is 0 Å². The molecule has 3 rings (SSSR count). The summed E-state index contributed by atoms with van der Waals surface area (Å²) in [5.41, 5.74) is 0.163. The number of nitro benzene ring substituents is 1. The number of nitrogens with zero attached hydrogens (tertiary/aromatic N) is 2. The number of ether oxygens (including phenoxy) is 2. The summed E-state index contributed by atoms with van der Waals surface area (Å²) in [5, 5.41) is 11.7. The van der Waals surface area contributed by atoms with Crippen molar-refractivity contribution in [3.8, 4) is 11.5 Å². The van der Waals surface area contributed by atoms with E-state index in [1.54, 1.807) is 6.92 Å². The minimum Gasteiger partial charge on any atom is -0.493 e. The fraction of sp³-hybridized carbons (Fsp3) is 0.263. The zero-order valence-corrected chi connectivity index (χ0v) is 15.6. The summed E-state index contributed by atoms with van der Waals surface area (Å²) in [6, 6.07) is 5.63. The Morgan fingerprint density at radius 1 is 1.14 bits per heavy atom. The van der Waals surface area contributed by atoms with Crippen molar-refractivity contribution in [2.45, 2.75) is 19.9 Å². The van der Waals surface area contributed by atoms with E-state index in [1.807, 2.05) is 0 Å². The van der Waals surface area contributed by atoms with E-state index >= 15 is 0 Å². The topological polar surface area (TPSA) is 114 Å². The van der Waals surface area contributed by atoms with Crippen LogP contribution in [0.1, 0.15) is 11.1 Å². The predicted octanol–water partition coefficient (Wildman–Crippen LogP) is 2.43. The first-order valence-electron chi connectivity index (χ1n) is 8.39. The lowest BCUT2D eigenvalue weighted by atomic mass is 10.1. The highest BCUT2D eigenvalue weighted by atomic mass is 16.6. The van der Waals surface area contributed by atoms with Crippen molar-refractivity contribution in [1.29, 1.82) is 0 Å². The van der Waals surface area contributed by atoms with Gasteiger partial charge in [0.1, 0.15) is 5.58 Å². The monoisotopic (exact) mass is 386 g/mol. The van der Waals surface area contributed by atoms with Gasteiger partial charge in [0, 0.05) is 24.4 Å². The first kappa shape index (κ1) is 19.2. The number of rotatable bonds is 6. The lowest BCUT2D eigenvalue weighted by Gasteiger charge is -2.12. The lowest BCUT2D eigenvalue weighted by Crippen LogP contribution is -2.22. The summed E-state index contributed by atoms with van der Waals surface area (Å²) >= 11 is 0. The van der Waals surface area contributed by atoms with Crippen LogP contribution in [0.25, 0.3) is 11.0 Å². The molecule has 0 amide bonds. The van der Waals surface area contributed by atoms with Crippen LogP contribution in [0.4, 0.5) is 5.69 Å². The highest BCUT2D eigenvalue weighted by molar-refractivity contribution is 5.78. The van der Waals surface area contributed by atoms with Gasteiger partial charge in [-0.2, -0.15) is 0 Å². The summed E-state index contributed by atoms with van der Waals surface area (Å²) < 4.78 is 16.8. The quantitative estimate of drug-likeness (QED) is 0.472. The second kappa shape index (κ2) is 7.55. The number of benzene rings is 1. The van der Waals surface area contributed by atoms with Crippen LogP contribution in [0.5, 0.6) is 11.5 Å². The molecule has 146 valence electrons. The van der Waals surface area contributed by atoms with E-state index in [1.165, 1.54) is 49.2 Å². The van der Waals surface area contributed by atoms with E-state index in [-0.39, 0.29) is 35.5 Å². The van der Waals surface area contributed by atoms with Crippen LogP contribution in [0.15, 0.2) is 44.5 Å². The van der Waals surface area contributed by atoms with Gasteiger partial charge in [-0.3, -0.25) is 14.9 Å². The van der Waals surface area contributed by atoms with Gasteiger partial charge in [-0.1, -0.05) is 0 Å². The second-order valence-corrected chi connectivity index (χ2v) is 6.14. The lowest BCUT2D eigenvalue weighted by molar-refractivity contribution is -0.385. The molecule has 0 fully saturated rings. The van der Waals surface area contributed by atoms with E-state index in [0.29, 0.717) is 22.3 Å². The molecule has 3 aromatic rings. The molecule has 1 aromatic carbocycles. The number of methoxy groups -OCH3 is 2. The molecule has 0 aliphatic rings. The standard InChI is InChI=1S/C19H18N2O7/c1-11-8-17(22)28-14-5-7-20(19(23)18(11)14)6-4-12-9-15(26-2)16(27-3)10-13(12)21(24)25/h5,7-10H,4,6H2,1-3H3. The van der Waals surface area contributed by atoms with Crippen LogP contribution >= 0.6 is 0 Å². The number of aryl methyl sites for hydroxylation is 3. The number of aromatic nitrogens is 1. The van der Waals surface area contributed by atoms with Crippen molar-refractivity contribution < 1.29 is 18.8 Å². The van der Waals surface area contributed by atoms with Crippen molar-refractivity contribution in [3.63, 3.8) is 0 Å². The van der Waals surface area contributed by atoms with E-state index in [9.17, 15) is 19.7 Å². The average molecular weight is 386 g/mol. The molecule has 2 aromatic heterocycles. The van der Waals surface area contributed by atoms with Gasteiger partial charge in [0.05, 0.1) is 30.6 Å². The molecule has 0 N–H and O–H groups in total. The second-order valence-electron chi connectivity index (χ2n) is 6.14. The Morgan fingerprint density at radius 3 is 2.46 bits per heavy atom. The van der Waals surface area contributed by atoms with Crippen LogP contribution in [-0.2, 0) is 13.0 Å². The van der Waals surface area contributed by atoms with Gasteiger partial charge in [0.15, 0.2) is 11.5 Å². The third kappa shape index (κ3) is 3.46. The molecule has 0 saturated carbocycles. The highest BCUT2D eigenvalue weighted by Gasteiger charge is 2.19. The number of nitro groups is 1. The zero-order valence-electron chi connectivity index (χ0n) is 15.6.